The second kappa shape index (κ2) is 7.48. The minimum absolute atomic E-state index is 0.181. The summed E-state index contributed by atoms with van der Waals surface area (Å²) in [5.74, 6) is -1.03. The third-order valence-corrected chi connectivity index (χ3v) is 6.51. The Hall–Kier alpha value is -1.92. The summed E-state index contributed by atoms with van der Waals surface area (Å²) in [6, 6.07) is 11.9. The molecule has 142 valence electrons. The maximum Gasteiger partial charge on any atom is 0.335 e. The number of amidine groups is 1. The Morgan fingerprint density at radius 2 is 1.71 bits per heavy atom. The fourth-order valence-corrected chi connectivity index (χ4v) is 5.37. The molecule has 0 bridgehead atoms. The molecule has 2 aromatic rings. The summed E-state index contributed by atoms with van der Waals surface area (Å²) < 4.78 is 0. The van der Waals surface area contributed by atoms with Crippen LogP contribution >= 0.6 is 46.6 Å². The van der Waals surface area contributed by atoms with Gasteiger partial charge < -0.3 is 10.0 Å². The van der Waals surface area contributed by atoms with Crippen molar-refractivity contribution in [1.29, 1.82) is 0 Å². The summed E-state index contributed by atoms with van der Waals surface area (Å²) in [4.78, 5) is 19.2. The van der Waals surface area contributed by atoms with Crippen LogP contribution in [0.4, 0.5) is 0 Å². The summed E-state index contributed by atoms with van der Waals surface area (Å²) in [5, 5.41) is 12.0. The normalized spacial score (nSPS) is 18.7. The number of allylic oxidation sites excluding steroid dienone is 1. The first-order chi connectivity index (χ1) is 13.4. The number of carbonyl (C=O) groups is 1. The van der Waals surface area contributed by atoms with Crippen LogP contribution in [0.1, 0.15) is 24.1 Å². The lowest BCUT2D eigenvalue weighted by molar-refractivity contribution is -0.133. The highest BCUT2D eigenvalue weighted by Crippen LogP contribution is 2.49. The number of nitrogens with zero attached hydrogens (tertiary/aromatic N) is 2. The number of hydrogen-bond acceptors (Lipinski definition) is 4. The van der Waals surface area contributed by atoms with E-state index in [1.165, 1.54) is 11.8 Å². The third kappa shape index (κ3) is 3.22. The van der Waals surface area contributed by atoms with Gasteiger partial charge in [0.05, 0.1) is 27.4 Å². The van der Waals surface area contributed by atoms with Gasteiger partial charge in [-0.3, -0.25) is 0 Å². The van der Waals surface area contributed by atoms with Crippen molar-refractivity contribution in [3.63, 3.8) is 0 Å². The molecule has 0 unspecified atom stereocenters. The number of benzene rings is 2. The topological polar surface area (TPSA) is 52.9 Å². The molecule has 0 aliphatic carbocycles. The zero-order chi connectivity index (χ0) is 20.0. The van der Waals surface area contributed by atoms with Gasteiger partial charge in [0.15, 0.2) is 5.17 Å². The Balaban J connectivity index is 1.89. The molecule has 4 nitrogen and oxygen atoms in total. The Bertz CT molecular complexity index is 1070. The lowest BCUT2D eigenvalue weighted by atomic mass is 9.95. The van der Waals surface area contributed by atoms with Crippen molar-refractivity contribution in [2.24, 2.45) is 4.99 Å². The summed E-state index contributed by atoms with van der Waals surface area (Å²) in [6.07, 6.45) is 1.83. The first-order valence-corrected chi connectivity index (χ1v) is 10.2. The number of aliphatic carboxylic acids is 1. The molecule has 2 aliphatic rings. The van der Waals surface area contributed by atoms with Crippen LogP contribution in [0.3, 0.4) is 0 Å². The van der Waals surface area contributed by atoms with Crippen LogP contribution in [-0.4, -0.2) is 21.1 Å². The predicted octanol–water partition coefficient (Wildman–Crippen LogP) is 6.46. The van der Waals surface area contributed by atoms with Crippen LogP contribution in [0.5, 0.6) is 0 Å². The standard InChI is InChI=1S/C20H13Cl3N2O2S/c1-10-16(19(26)27)18(11-5-2-3-6-12(11)21)25-9-15(28-20(25)24-10)17-13(22)7-4-8-14(17)23/h2-9,18H,1H3,(H,26,27)/t18-/m1/s1. The van der Waals surface area contributed by atoms with Crippen molar-refractivity contribution < 1.29 is 9.90 Å². The zero-order valence-electron chi connectivity index (χ0n) is 14.5. The molecule has 2 aliphatic heterocycles. The van der Waals surface area contributed by atoms with E-state index in [0.29, 0.717) is 37.1 Å². The molecule has 0 spiro atoms. The van der Waals surface area contributed by atoms with Crippen molar-refractivity contribution >= 4 is 62.6 Å². The molecule has 1 atom stereocenters. The summed E-state index contributed by atoms with van der Waals surface area (Å²) in [7, 11) is 0. The van der Waals surface area contributed by atoms with Gasteiger partial charge in [0, 0.05) is 21.7 Å². The molecule has 0 saturated heterocycles. The van der Waals surface area contributed by atoms with E-state index in [1.807, 2.05) is 29.3 Å². The molecule has 2 heterocycles. The van der Waals surface area contributed by atoms with Crippen LogP contribution in [-0.2, 0) is 4.79 Å². The largest absolute Gasteiger partial charge is 0.478 e. The first kappa shape index (κ1) is 19.4. The third-order valence-electron chi connectivity index (χ3n) is 4.52. The van der Waals surface area contributed by atoms with Gasteiger partial charge in [0.2, 0.25) is 0 Å². The van der Waals surface area contributed by atoms with E-state index in [1.54, 1.807) is 31.2 Å². The van der Waals surface area contributed by atoms with Gasteiger partial charge >= 0.3 is 5.97 Å². The number of carboxylic acids is 1. The van der Waals surface area contributed by atoms with Crippen LogP contribution < -0.4 is 0 Å². The van der Waals surface area contributed by atoms with Gasteiger partial charge in [0.1, 0.15) is 0 Å². The molecule has 0 saturated carbocycles. The number of rotatable bonds is 3. The number of hydrogen-bond donors (Lipinski definition) is 1. The Morgan fingerprint density at radius 1 is 1.07 bits per heavy atom. The van der Waals surface area contributed by atoms with Gasteiger partial charge in [-0.25, -0.2) is 9.79 Å². The number of halogens is 3. The minimum Gasteiger partial charge on any atom is -0.478 e. The molecule has 0 aromatic heterocycles. The molecule has 1 N–H and O–H groups in total. The highest BCUT2D eigenvalue weighted by molar-refractivity contribution is 8.22. The van der Waals surface area contributed by atoms with Crippen molar-refractivity contribution in [2.75, 3.05) is 0 Å². The summed E-state index contributed by atoms with van der Waals surface area (Å²) in [6.45, 7) is 1.69. The van der Waals surface area contributed by atoms with Crippen molar-refractivity contribution in [3.8, 4) is 0 Å². The molecule has 0 fully saturated rings. The molecule has 2 aromatic carbocycles. The Kier molecular flexibility index (Phi) is 5.19. The highest BCUT2D eigenvalue weighted by atomic mass is 35.5. The molecule has 0 amide bonds. The van der Waals surface area contributed by atoms with Gasteiger partial charge in [-0.2, -0.15) is 0 Å². The smallest absolute Gasteiger partial charge is 0.335 e. The monoisotopic (exact) mass is 450 g/mol. The van der Waals surface area contributed by atoms with E-state index < -0.39 is 12.0 Å². The van der Waals surface area contributed by atoms with E-state index in [4.69, 9.17) is 34.8 Å². The number of fused-ring (bicyclic) bond motifs is 1. The Morgan fingerprint density at radius 3 is 2.36 bits per heavy atom. The van der Waals surface area contributed by atoms with Gasteiger partial charge in [-0.05, 0) is 42.4 Å². The van der Waals surface area contributed by atoms with E-state index in [0.717, 1.165) is 4.91 Å². The quantitative estimate of drug-likeness (QED) is 0.581. The number of thioether (sulfide) groups is 1. The van der Waals surface area contributed by atoms with Gasteiger partial charge in [0.25, 0.3) is 0 Å². The zero-order valence-corrected chi connectivity index (χ0v) is 17.6. The highest BCUT2D eigenvalue weighted by Gasteiger charge is 2.40. The fraction of sp³-hybridized carbons (Fsp3) is 0.100. The maximum absolute atomic E-state index is 12.0. The minimum atomic E-state index is -1.03. The van der Waals surface area contributed by atoms with Crippen molar-refractivity contribution in [1.82, 2.24) is 4.90 Å². The summed E-state index contributed by atoms with van der Waals surface area (Å²) >= 11 is 20.6. The number of carboxylic acid groups (broad SMARTS) is 1. The molecule has 28 heavy (non-hydrogen) atoms. The fourth-order valence-electron chi connectivity index (χ4n) is 3.29. The van der Waals surface area contributed by atoms with Crippen LogP contribution in [0.2, 0.25) is 15.1 Å². The molecule has 8 heteroatoms. The lowest BCUT2D eigenvalue weighted by Gasteiger charge is -2.33. The Labute approximate surface area is 181 Å². The summed E-state index contributed by atoms with van der Waals surface area (Å²) in [5.41, 5.74) is 2.01. The lowest BCUT2D eigenvalue weighted by Crippen LogP contribution is -2.33. The van der Waals surface area contributed by atoms with Crippen LogP contribution in [0.25, 0.3) is 4.91 Å². The van der Waals surface area contributed by atoms with Crippen LogP contribution in [0.15, 0.2) is 64.9 Å². The second-order valence-corrected chi connectivity index (χ2v) is 8.45. The van der Waals surface area contributed by atoms with Crippen molar-refractivity contribution in [2.45, 2.75) is 13.0 Å². The van der Waals surface area contributed by atoms with Crippen molar-refractivity contribution in [3.05, 3.63) is 86.1 Å². The first-order valence-electron chi connectivity index (χ1n) is 8.28. The molecule has 0 radical (unpaired) electrons. The second-order valence-electron chi connectivity index (χ2n) is 6.22. The van der Waals surface area contributed by atoms with E-state index >= 15 is 0 Å². The predicted molar refractivity (Wildman–Crippen MR) is 116 cm³/mol. The molecular formula is C20H13Cl3N2O2S. The maximum atomic E-state index is 12.0. The van der Waals surface area contributed by atoms with E-state index in [-0.39, 0.29) is 5.57 Å². The molecular weight excluding hydrogens is 439 g/mol. The van der Waals surface area contributed by atoms with Gasteiger partial charge in [-0.15, -0.1) is 0 Å². The average Bonchev–Trinajstić information content (AvgIpc) is 3.03. The van der Waals surface area contributed by atoms with Gasteiger partial charge in [-0.1, -0.05) is 59.1 Å². The number of aliphatic imine (C=N–C) groups is 1. The van der Waals surface area contributed by atoms with E-state index in [9.17, 15) is 9.90 Å². The van der Waals surface area contributed by atoms with E-state index in [2.05, 4.69) is 4.99 Å². The SMILES string of the molecule is CC1=C(C(=O)O)[C@@H](c2ccccc2Cl)N2C=C(c3c(Cl)cccc3Cl)SC2=N1. The molecule has 4 rings (SSSR count). The average molecular weight is 452 g/mol. The van der Waals surface area contributed by atoms with Crippen LogP contribution in [0, 0.1) is 0 Å².